The number of benzene rings is 3. The van der Waals surface area contributed by atoms with Gasteiger partial charge in [-0.15, -0.1) is 0 Å². The topological polar surface area (TPSA) is 3.88 Å². The number of nitrogens with zero attached hydrogens (tertiary/aromatic N) is 1. The van der Waals surface area contributed by atoms with Gasteiger partial charge in [0.15, 0.2) is 5.69 Å². The summed E-state index contributed by atoms with van der Waals surface area (Å²) >= 11 is 0. The highest BCUT2D eigenvalue weighted by molar-refractivity contribution is 5.95. The highest BCUT2D eigenvalue weighted by atomic mass is 19.1. The Bertz CT molecular complexity index is 1160. The normalized spacial score (nSPS) is 11.1. The van der Waals surface area contributed by atoms with Crippen LogP contribution in [0.15, 0.2) is 66.7 Å². The number of halogens is 1. The van der Waals surface area contributed by atoms with Gasteiger partial charge in [0, 0.05) is 13.0 Å². The zero-order valence-electron chi connectivity index (χ0n) is 16.2. The Hall–Kier alpha value is -3.00. The van der Waals surface area contributed by atoms with Crippen LogP contribution in [0, 0.1) is 26.6 Å². The largest absolute Gasteiger partial charge is 0.220 e. The molecule has 0 amide bonds. The van der Waals surface area contributed by atoms with Gasteiger partial charge in [-0.05, 0) is 65.8 Å². The second kappa shape index (κ2) is 6.62. The van der Waals surface area contributed by atoms with Crippen LogP contribution in [0.4, 0.5) is 4.39 Å². The second-order valence-corrected chi connectivity index (χ2v) is 7.26. The van der Waals surface area contributed by atoms with Crippen LogP contribution in [0.3, 0.4) is 0 Å². The maximum Gasteiger partial charge on any atom is 0.220 e. The molecule has 0 bridgehead atoms. The smallest absolute Gasteiger partial charge is 0.207 e. The predicted octanol–water partition coefficient (Wildman–Crippen LogP) is 6.06. The van der Waals surface area contributed by atoms with Crippen LogP contribution >= 0.6 is 0 Å². The van der Waals surface area contributed by atoms with Crippen molar-refractivity contribution in [2.75, 3.05) is 0 Å². The lowest BCUT2D eigenvalue weighted by atomic mass is 9.91. The minimum absolute atomic E-state index is 0.201. The van der Waals surface area contributed by atoms with Gasteiger partial charge < -0.3 is 0 Å². The lowest BCUT2D eigenvalue weighted by Gasteiger charge is -2.14. The second-order valence-electron chi connectivity index (χ2n) is 7.26. The zero-order valence-corrected chi connectivity index (χ0v) is 16.2. The van der Waals surface area contributed by atoms with Crippen molar-refractivity contribution < 1.29 is 8.96 Å². The van der Waals surface area contributed by atoms with Crippen molar-refractivity contribution in [3.63, 3.8) is 0 Å². The Kier molecular flexibility index (Phi) is 4.27. The van der Waals surface area contributed by atoms with Crippen molar-refractivity contribution in [2.45, 2.75) is 20.8 Å². The van der Waals surface area contributed by atoms with E-state index in [9.17, 15) is 4.39 Å². The average molecular weight is 356 g/mol. The van der Waals surface area contributed by atoms with Gasteiger partial charge in [0.25, 0.3) is 0 Å². The van der Waals surface area contributed by atoms with Crippen LogP contribution in [-0.4, -0.2) is 0 Å². The molecule has 0 aliphatic heterocycles. The Balaban J connectivity index is 2.07. The first-order valence-corrected chi connectivity index (χ1v) is 9.21. The molecule has 4 rings (SSSR count). The minimum Gasteiger partial charge on any atom is -0.207 e. The molecule has 2 heteroatoms. The third kappa shape index (κ3) is 3.02. The van der Waals surface area contributed by atoms with Crippen LogP contribution in [0.1, 0.15) is 16.8 Å². The molecule has 0 radical (unpaired) electrons. The number of hydrogen-bond donors (Lipinski definition) is 0. The standard InChI is InChI=1S/C25H23FN/c1-16-12-20(19-8-6-5-7-9-19)15-24(18(16)3)25-23-11-10-22(26)14-21(23)13-17(2)27(25)4/h5-15H,1-4H3/q+1. The summed E-state index contributed by atoms with van der Waals surface area (Å²) in [4.78, 5) is 0. The molecule has 4 aromatic rings. The molecule has 0 saturated heterocycles. The van der Waals surface area contributed by atoms with E-state index in [-0.39, 0.29) is 5.82 Å². The number of aryl methyl sites for hydroxylation is 2. The highest BCUT2D eigenvalue weighted by Crippen LogP contribution is 2.34. The summed E-state index contributed by atoms with van der Waals surface area (Å²) in [6, 6.07) is 22.0. The van der Waals surface area contributed by atoms with Crippen LogP contribution < -0.4 is 4.57 Å². The Labute approximate surface area is 159 Å². The van der Waals surface area contributed by atoms with Gasteiger partial charge in [-0.25, -0.2) is 4.39 Å². The van der Waals surface area contributed by atoms with Crippen molar-refractivity contribution in [1.82, 2.24) is 0 Å². The van der Waals surface area contributed by atoms with Crippen LogP contribution in [0.5, 0.6) is 0 Å². The van der Waals surface area contributed by atoms with Crippen molar-refractivity contribution >= 4 is 10.8 Å². The molecule has 0 saturated carbocycles. The molecule has 1 nitrogen and oxygen atoms in total. The van der Waals surface area contributed by atoms with E-state index in [1.54, 1.807) is 12.1 Å². The maximum absolute atomic E-state index is 13.8. The molecule has 0 spiro atoms. The van der Waals surface area contributed by atoms with Crippen molar-refractivity contribution in [1.29, 1.82) is 0 Å². The van der Waals surface area contributed by atoms with Gasteiger partial charge in [-0.2, -0.15) is 4.57 Å². The Morgan fingerprint density at radius 3 is 2.26 bits per heavy atom. The fourth-order valence-electron chi connectivity index (χ4n) is 3.78. The third-order valence-electron chi connectivity index (χ3n) is 5.53. The van der Waals surface area contributed by atoms with E-state index < -0.39 is 0 Å². The first-order chi connectivity index (χ1) is 13.0. The fourth-order valence-corrected chi connectivity index (χ4v) is 3.78. The first kappa shape index (κ1) is 17.4. The summed E-state index contributed by atoms with van der Waals surface area (Å²) < 4.78 is 16.0. The summed E-state index contributed by atoms with van der Waals surface area (Å²) in [7, 11) is 2.08. The predicted molar refractivity (Wildman–Crippen MR) is 110 cm³/mol. The van der Waals surface area contributed by atoms with Crippen LogP contribution in [-0.2, 0) is 7.05 Å². The lowest BCUT2D eigenvalue weighted by molar-refractivity contribution is -0.665. The van der Waals surface area contributed by atoms with Crippen molar-refractivity contribution in [3.05, 3.63) is 89.4 Å². The minimum atomic E-state index is -0.201. The van der Waals surface area contributed by atoms with Crippen LogP contribution in [0.25, 0.3) is 33.2 Å². The molecule has 1 heterocycles. The number of rotatable bonds is 2. The number of fused-ring (bicyclic) bond motifs is 1. The summed E-state index contributed by atoms with van der Waals surface area (Å²) in [6.45, 7) is 6.39. The van der Waals surface area contributed by atoms with Gasteiger partial charge in [-0.3, -0.25) is 0 Å². The molecule has 3 aromatic carbocycles. The molecule has 1 aromatic heterocycles. The van der Waals surface area contributed by atoms with Gasteiger partial charge in [0.05, 0.1) is 10.9 Å². The maximum atomic E-state index is 13.8. The summed E-state index contributed by atoms with van der Waals surface area (Å²) in [5.41, 5.74) is 8.33. The molecule has 0 fully saturated rings. The van der Waals surface area contributed by atoms with E-state index in [0.29, 0.717) is 0 Å². The molecule has 0 aliphatic carbocycles. The molecule has 134 valence electrons. The molecular formula is C25H23FN+. The Morgan fingerprint density at radius 2 is 1.52 bits per heavy atom. The molecule has 0 N–H and O–H groups in total. The SMILES string of the molecule is Cc1cc(-c2ccccc2)cc(-c2c3ccc(F)cc3cc(C)[n+]2C)c1C. The summed E-state index contributed by atoms with van der Waals surface area (Å²) in [6.07, 6.45) is 0. The highest BCUT2D eigenvalue weighted by Gasteiger charge is 2.21. The number of hydrogen-bond acceptors (Lipinski definition) is 0. The summed E-state index contributed by atoms with van der Waals surface area (Å²) in [5.74, 6) is -0.201. The zero-order chi connectivity index (χ0) is 19.1. The quantitative estimate of drug-likeness (QED) is 0.384. The van der Waals surface area contributed by atoms with Crippen molar-refractivity contribution in [2.24, 2.45) is 7.05 Å². The average Bonchev–Trinajstić information content (AvgIpc) is 2.66. The van der Waals surface area contributed by atoms with Gasteiger partial charge in [-0.1, -0.05) is 36.4 Å². The number of pyridine rings is 1. The van der Waals surface area contributed by atoms with E-state index in [4.69, 9.17) is 0 Å². The van der Waals surface area contributed by atoms with E-state index >= 15 is 0 Å². The van der Waals surface area contributed by atoms with E-state index in [0.717, 1.165) is 22.2 Å². The van der Waals surface area contributed by atoms with E-state index in [1.807, 2.05) is 18.2 Å². The molecule has 0 aliphatic rings. The molecule has 0 atom stereocenters. The van der Waals surface area contributed by atoms with Crippen molar-refractivity contribution in [3.8, 4) is 22.4 Å². The monoisotopic (exact) mass is 356 g/mol. The fraction of sp³-hybridized carbons (Fsp3) is 0.160. The number of aromatic nitrogens is 1. The van der Waals surface area contributed by atoms with Gasteiger partial charge >= 0.3 is 0 Å². The molecule has 27 heavy (non-hydrogen) atoms. The molecular weight excluding hydrogens is 333 g/mol. The first-order valence-electron chi connectivity index (χ1n) is 9.21. The molecule has 0 unspecified atom stereocenters. The van der Waals surface area contributed by atoms with Gasteiger partial charge in [0.1, 0.15) is 12.9 Å². The third-order valence-corrected chi connectivity index (χ3v) is 5.53. The van der Waals surface area contributed by atoms with E-state index in [2.05, 4.69) is 68.8 Å². The summed E-state index contributed by atoms with van der Waals surface area (Å²) in [5, 5.41) is 2.00. The van der Waals surface area contributed by atoms with Gasteiger partial charge in [0.2, 0.25) is 5.69 Å². The lowest BCUT2D eigenvalue weighted by Crippen LogP contribution is -2.35. The van der Waals surface area contributed by atoms with Crippen LogP contribution in [0.2, 0.25) is 0 Å². The Morgan fingerprint density at radius 1 is 0.778 bits per heavy atom. The van der Waals surface area contributed by atoms with E-state index in [1.165, 1.54) is 27.8 Å².